The first-order valence-electron chi connectivity index (χ1n) is 9.97. The standard InChI is InChI=1S/C22H15BrN6O7S/c23-7-14-17(28-16(9-25)15(8-24)27-14)10-26-13-2-1-3-19(20(13)22(33)34)37(35,36)29-12-5-4-11(21(31)32)6-18(12)30/h1-6,26,29-30H,7,10H2,(H,31,32)(H,33,34). The maximum Gasteiger partial charge on any atom is 0.339 e. The van der Waals surface area contributed by atoms with Crippen molar-refractivity contribution < 1.29 is 33.3 Å². The van der Waals surface area contributed by atoms with E-state index in [9.17, 15) is 33.5 Å². The van der Waals surface area contributed by atoms with Crippen molar-refractivity contribution in [3.05, 3.63) is 70.3 Å². The normalized spacial score (nSPS) is 10.7. The second-order valence-corrected chi connectivity index (χ2v) is 9.36. The lowest BCUT2D eigenvalue weighted by atomic mass is 10.1. The largest absolute Gasteiger partial charge is 0.506 e. The Kier molecular flexibility index (Phi) is 7.91. The number of phenolic OH excluding ortho intramolecular Hbond substituents is 1. The molecule has 1 heterocycles. The van der Waals surface area contributed by atoms with E-state index in [1.807, 2.05) is 0 Å². The van der Waals surface area contributed by atoms with E-state index >= 15 is 0 Å². The zero-order valence-electron chi connectivity index (χ0n) is 18.4. The van der Waals surface area contributed by atoms with E-state index in [4.69, 9.17) is 10.4 Å². The predicted molar refractivity (Wildman–Crippen MR) is 131 cm³/mol. The van der Waals surface area contributed by atoms with Crippen molar-refractivity contribution in [2.75, 3.05) is 10.0 Å². The lowest BCUT2D eigenvalue weighted by Crippen LogP contribution is -2.19. The SMILES string of the molecule is N#Cc1nc(CBr)c(CNc2cccc(S(=O)(=O)Nc3ccc(C(=O)O)cc3O)c2C(=O)O)nc1C#N. The number of anilines is 2. The number of nitriles is 2. The van der Waals surface area contributed by atoms with E-state index in [1.165, 1.54) is 12.1 Å². The molecule has 13 nitrogen and oxygen atoms in total. The number of carboxylic acid groups (broad SMARTS) is 2. The molecule has 3 aromatic rings. The lowest BCUT2D eigenvalue weighted by molar-refractivity contribution is 0.0684. The van der Waals surface area contributed by atoms with Gasteiger partial charge in [-0.1, -0.05) is 22.0 Å². The Bertz CT molecular complexity index is 1610. The highest BCUT2D eigenvalue weighted by Gasteiger charge is 2.26. The predicted octanol–water partition coefficient (Wildman–Crippen LogP) is 2.63. The number of aromatic hydroxyl groups is 1. The lowest BCUT2D eigenvalue weighted by Gasteiger charge is -2.16. The Morgan fingerprint density at radius 1 is 0.973 bits per heavy atom. The van der Waals surface area contributed by atoms with Crippen molar-refractivity contribution in [3.8, 4) is 17.9 Å². The molecule has 3 rings (SSSR count). The van der Waals surface area contributed by atoms with Crippen LogP contribution in [0.25, 0.3) is 0 Å². The summed E-state index contributed by atoms with van der Waals surface area (Å²) >= 11 is 3.21. The topological polar surface area (TPSA) is 226 Å². The van der Waals surface area contributed by atoms with Crippen LogP contribution in [0.5, 0.6) is 5.75 Å². The summed E-state index contributed by atoms with van der Waals surface area (Å²) < 4.78 is 28.2. The van der Waals surface area contributed by atoms with Gasteiger partial charge in [0.25, 0.3) is 10.0 Å². The molecule has 0 bridgehead atoms. The third kappa shape index (κ3) is 5.75. The van der Waals surface area contributed by atoms with E-state index in [2.05, 4.69) is 35.9 Å². The monoisotopic (exact) mass is 586 g/mol. The Balaban J connectivity index is 1.99. The van der Waals surface area contributed by atoms with Crippen LogP contribution in [0.1, 0.15) is 43.5 Å². The Morgan fingerprint density at radius 2 is 1.62 bits per heavy atom. The van der Waals surface area contributed by atoms with Gasteiger partial charge in [0, 0.05) is 5.33 Å². The first-order chi connectivity index (χ1) is 17.5. The number of nitrogens with one attached hydrogen (secondary N) is 2. The molecule has 0 saturated carbocycles. The number of rotatable bonds is 9. The Morgan fingerprint density at radius 3 is 2.16 bits per heavy atom. The average molecular weight is 587 g/mol. The minimum Gasteiger partial charge on any atom is -0.506 e. The zero-order valence-corrected chi connectivity index (χ0v) is 20.8. The van der Waals surface area contributed by atoms with Gasteiger partial charge in [-0.05, 0) is 30.3 Å². The zero-order chi connectivity index (χ0) is 27.3. The van der Waals surface area contributed by atoms with Gasteiger partial charge in [0.05, 0.1) is 34.9 Å². The summed E-state index contributed by atoms with van der Waals surface area (Å²) in [7, 11) is -4.58. The summed E-state index contributed by atoms with van der Waals surface area (Å²) in [6, 6.07) is 10.1. The minimum atomic E-state index is -4.58. The number of hydrogen-bond donors (Lipinski definition) is 5. The molecule has 0 unspecified atom stereocenters. The highest BCUT2D eigenvalue weighted by atomic mass is 79.9. The van der Waals surface area contributed by atoms with E-state index in [0.29, 0.717) is 5.69 Å². The maximum atomic E-state index is 13.1. The quantitative estimate of drug-likeness (QED) is 0.180. The molecule has 0 amide bonds. The van der Waals surface area contributed by atoms with Gasteiger partial charge in [0.2, 0.25) is 0 Å². The molecular weight excluding hydrogens is 572 g/mol. The fraction of sp³-hybridized carbons (Fsp3) is 0.0909. The van der Waals surface area contributed by atoms with E-state index in [1.54, 1.807) is 12.1 Å². The molecule has 5 N–H and O–H groups in total. The number of sulfonamides is 1. The van der Waals surface area contributed by atoms with Crippen LogP contribution < -0.4 is 10.0 Å². The van der Waals surface area contributed by atoms with Crippen LogP contribution in [0.3, 0.4) is 0 Å². The van der Waals surface area contributed by atoms with Gasteiger partial charge in [-0.15, -0.1) is 0 Å². The number of phenols is 1. The molecule has 15 heteroatoms. The molecule has 188 valence electrons. The first-order valence-corrected chi connectivity index (χ1v) is 12.6. The van der Waals surface area contributed by atoms with Gasteiger partial charge in [0.1, 0.15) is 28.3 Å². The Labute approximate surface area is 217 Å². The van der Waals surface area contributed by atoms with Gasteiger partial charge in [-0.3, -0.25) is 4.72 Å². The number of nitrogens with zero attached hydrogens (tertiary/aromatic N) is 4. The van der Waals surface area contributed by atoms with Crippen LogP contribution >= 0.6 is 15.9 Å². The maximum absolute atomic E-state index is 13.1. The molecule has 0 atom stereocenters. The highest BCUT2D eigenvalue weighted by molar-refractivity contribution is 9.08. The van der Waals surface area contributed by atoms with Crippen LogP contribution in [0.2, 0.25) is 0 Å². The summed E-state index contributed by atoms with van der Waals surface area (Å²) in [6.45, 7) is -0.164. The molecule has 0 fully saturated rings. The fourth-order valence-corrected chi connectivity index (χ4v) is 4.91. The number of hydrogen-bond acceptors (Lipinski definition) is 10. The van der Waals surface area contributed by atoms with Crippen molar-refractivity contribution in [1.82, 2.24) is 9.97 Å². The van der Waals surface area contributed by atoms with Crippen LogP contribution in [-0.4, -0.2) is 45.6 Å². The van der Waals surface area contributed by atoms with Gasteiger partial charge in [-0.2, -0.15) is 10.5 Å². The number of alkyl halides is 1. The highest BCUT2D eigenvalue weighted by Crippen LogP contribution is 2.30. The summed E-state index contributed by atoms with van der Waals surface area (Å²) in [4.78, 5) is 30.6. The number of aromatic nitrogens is 2. The molecule has 2 aromatic carbocycles. The summed E-state index contributed by atoms with van der Waals surface area (Å²) in [5, 5.41) is 50.2. The number of aromatic carboxylic acids is 2. The molecule has 1 aromatic heterocycles. The molecule has 37 heavy (non-hydrogen) atoms. The second kappa shape index (κ2) is 10.9. The van der Waals surface area contributed by atoms with Crippen molar-refractivity contribution >= 4 is 49.3 Å². The number of carbonyl (C=O) groups is 2. The van der Waals surface area contributed by atoms with Crippen molar-refractivity contribution in [2.45, 2.75) is 16.8 Å². The van der Waals surface area contributed by atoms with Crippen molar-refractivity contribution in [3.63, 3.8) is 0 Å². The fourth-order valence-electron chi connectivity index (χ4n) is 3.16. The van der Waals surface area contributed by atoms with Crippen molar-refractivity contribution in [2.24, 2.45) is 0 Å². The van der Waals surface area contributed by atoms with Crippen LogP contribution in [-0.2, 0) is 21.9 Å². The van der Waals surface area contributed by atoms with Gasteiger partial charge >= 0.3 is 11.9 Å². The molecule has 0 radical (unpaired) electrons. The number of halogens is 1. The van der Waals surface area contributed by atoms with Gasteiger partial charge in [0.15, 0.2) is 11.4 Å². The molecule has 0 aliphatic rings. The Hall–Kier alpha value is -4.73. The van der Waals surface area contributed by atoms with Gasteiger partial charge < -0.3 is 20.6 Å². The first kappa shape index (κ1) is 26.9. The van der Waals surface area contributed by atoms with Crippen LogP contribution in [0, 0.1) is 22.7 Å². The average Bonchev–Trinajstić information content (AvgIpc) is 2.87. The second-order valence-electron chi connectivity index (χ2n) is 7.15. The van der Waals surface area contributed by atoms with E-state index < -0.39 is 38.2 Å². The molecule has 0 spiro atoms. The van der Waals surface area contributed by atoms with Crippen molar-refractivity contribution in [1.29, 1.82) is 10.5 Å². The molecule has 0 saturated heterocycles. The van der Waals surface area contributed by atoms with Crippen LogP contribution in [0.15, 0.2) is 41.3 Å². The minimum absolute atomic E-state index is 0.106. The summed E-state index contributed by atoms with van der Waals surface area (Å²) in [6.07, 6.45) is 0. The smallest absolute Gasteiger partial charge is 0.339 e. The third-order valence-electron chi connectivity index (χ3n) is 4.85. The number of benzene rings is 2. The summed E-state index contributed by atoms with van der Waals surface area (Å²) in [5.41, 5.74) is -1.25. The summed E-state index contributed by atoms with van der Waals surface area (Å²) in [5.74, 6) is -3.60. The van der Waals surface area contributed by atoms with Crippen LogP contribution in [0.4, 0.5) is 11.4 Å². The van der Waals surface area contributed by atoms with E-state index in [-0.39, 0.29) is 45.9 Å². The third-order valence-corrected chi connectivity index (χ3v) is 6.79. The van der Waals surface area contributed by atoms with Gasteiger partial charge in [-0.25, -0.2) is 28.0 Å². The molecular formula is C22H15BrN6O7S. The molecule has 0 aliphatic heterocycles. The molecule has 0 aliphatic carbocycles. The van der Waals surface area contributed by atoms with E-state index in [0.717, 1.165) is 24.3 Å². The number of carboxylic acids is 2.